The highest BCUT2D eigenvalue weighted by molar-refractivity contribution is 7.99. The molecule has 10 nitrogen and oxygen atoms in total. The molecule has 7 rings (SSSR count). The van der Waals surface area contributed by atoms with E-state index >= 15 is 0 Å². The van der Waals surface area contributed by atoms with Crippen LogP contribution >= 0.6 is 11.8 Å². The van der Waals surface area contributed by atoms with E-state index in [-0.39, 0.29) is 30.6 Å². The van der Waals surface area contributed by atoms with E-state index in [9.17, 15) is 14.7 Å². The van der Waals surface area contributed by atoms with Crippen molar-refractivity contribution in [2.45, 2.75) is 81.8 Å². The highest BCUT2D eigenvalue weighted by Gasteiger charge is 2.33. The maximum absolute atomic E-state index is 12.6. The fourth-order valence-electron chi connectivity index (χ4n) is 6.96. The molecule has 0 saturated carbocycles. The van der Waals surface area contributed by atoms with E-state index in [0.29, 0.717) is 48.2 Å². The third-order valence-corrected chi connectivity index (χ3v) is 11.2. The van der Waals surface area contributed by atoms with E-state index in [4.69, 9.17) is 24.6 Å². The number of aliphatic hydroxyl groups excluding tert-OH is 1. The van der Waals surface area contributed by atoms with E-state index in [1.807, 2.05) is 121 Å². The van der Waals surface area contributed by atoms with Crippen molar-refractivity contribution in [1.29, 1.82) is 0 Å². The van der Waals surface area contributed by atoms with Gasteiger partial charge in [-0.1, -0.05) is 146 Å². The van der Waals surface area contributed by atoms with Crippen molar-refractivity contribution in [1.82, 2.24) is 10.3 Å². The normalized spacial score (nSPS) is 16.4. The quantitative estimate of drug-likeness (QED) is 0.0378. The molecule has 5 aromatic carbocycles. The maximum Gasteiger partial charge on any atom is 0.256 e. The fourth-order valence-corrected chi connectivity index (χ4v) is 7.80. The third-order valence-electron chi connectivity index (χ3n) is 10.2. The smallest absolute Gasteiger partial charge is 0.256 e. The number of oxazole rings is 1. The van der Waals surface area contributed by atoms with Crippen LogP contribution in [0.1, 0.15) is 79.6 Å². The molecule has 1 fully saturated rings. The number of nitrogens with two attached hydrogens (primary N) is 1. The summed E-state index contributed by atoms with van der Waals surface area (Å²) < 4.78 is 19.6. The number of aromatic nitrogens is 1. The first-order chi connectivity index (χ1) is 28.9. The molecule has 304 valence electrons. The lowest BCUT2D eigenvalue weighted by Crippen LogP contribution is -2.31. The number of rotatable bonds is 18. The third kappa shape index (κ3) is 11.7. The average molecular weight is 811 g/mol. The van der Waals surface area contributed by atoms with Crippen molar-refractivity contribution >= 4 is 35.0 Å². The molecule has 0 spiro atoms. The number of para-hydroxylation sites is 2. The molecule has 0 aliphatic carbocycles. The molecule has 0 radical (unpaired) electrons. The van der Waals surface area contributed by atoms with Gasteiger partial charge in [0.2, 0.25) is 11.8 Å². The van der Waals surface area contributed by atoms with Gasteiger partial charge >= 0.3 is 0 Å². The Bertz CT molecular complexity index is 2190. The topological polar surface area (TPSA) is 149 Å². The standard InChI is InChI=1S/C48H50N4O6S/c49-40-17-11-12-18-41(40)51-44(55)20-10-2-1-9-19-43(54)50-30-33-21-27-38(28-22-33)47-56-39(29-42(57-47)35-25-23-34(31-53)24-26-35)32-59-48-52-45(36-13-5-3-6-14-36)46(58-48)37-15-7-4-8-16-37/h3-8,11-18,21-28,39,42,47,53H,1-2,9-10,19-20,29-32,49H2,(H,50,54)(H,51,55)/t39-,42+,47+/m1/s1. The van der Waals surface area contributed by atoms with Gasteiger partial charge < -0.3 is 35.4 Å². The SMILES string of the molecule is Nc1ccccc1NC(=O)CCCCCCC(=O)NCc1ccc([C@H]2O[C@@H](CSc3nc(-c4ccccc4)c(-c4ccccc4)o3)C[C@@H](c3ccc(CO)cc3)O2)cc1. The molecule has 3 atom stereocenters. The minimum Gasteiger partial charge on any atom is -0.431 e. The van der Waals surface area contributed by atoms with Crippen molar-refractivity contribution in [3.8, 4) is 22.6 Å². The van der Waals surface area contributed by atoms with Crippen LogP contribution in [0.4, 0.5) is 11.4 Å². The Kier molecular flexibility index (Phi) is 14.6. The number of carbonyl (C=O) groups excluding carboxylic acids is 2. The van der Waals surface area contributed by atoms with Gasteiger partial charge in [-0.2, -0.15) is 0 Å². The van der Waals surface area contributed by atoms with Crippen LogP contribution in [0.2, 0.25) is 0 Å². The zero-order valence-corrected chi connectivity index (χ0v) is 33.7. The lowest BCUT2D eigenvalue weighted by molar-refractivity contribution is -0.245. The summed E-state index contributed by atoms with van der Waals surface area (Å²) in [6, 6.07) is 43.1. The molecule has 6 aromatic rings. The average Bonchev–Trinajstić information content (AvgIpc) is 3.72. The van der Waals surface area contributed by atoms with E-state index in [1.54, 1.807) is 12.1 Å². The molecule has 59 heavy (non-hydrogen) atoms. The van der Waals surface area contributed by atoms with E-state index in [2.05, 4.69) is 10.6 Å². The Morgan fingerprint density at radius 3 is 2.03 bits per heavy atom. The van der Waals surface area contributed by atoms with Gasteiger partial charge in [0, 0.05) is 48.3 Å². The summed E-state index contributed by atoms with van der Waals surface area (Å²) in [4.78, 5) is 29.8. The van der Waals surface area contributed by atoms with Crippen LogP contribution in [0.5, 0.6) is 0 Å². The zero-order valence-electron chi connectivity index (χ0n) is 32.9. The number of thioether (sulfide) groups is 1. The molecule has 1 aliphatic heterocycles. The second kappa shape index (κ2) is 20.8. The molecule has 1 aliphatic rings. The number of aliphatic hydroxyl groups is 1. The number of carbonyl (C=O) groups is 2. The molecular weight excluding hydrogens is 761 g/mol. The van der Waals surface area contributed by atoms with Crippen molar-refractivity contribution in [3.05, 3.63) is 156 Å². The Labute approximate surface area is 349 Å². The van der Waals surface area contributed by atoms with Gasteiger partial charge in [-0.3, -0.25) is 9.59 Å². The summed E-state index contributed by atoms with van der Waals surface area (Å²) in [7, 11) is 0. The molecule has 11 heteroatoms. The Balaban J connectivity index is 0.923. The lowest BCUT2D eigenvalue weighted by atomic mass is 10.0. The van der Waals surface area contributed by atoms with Gasteiger partial charge in [-0.25, -0.2) is 4.98 Å². The number of amides is 2. The molecule has 2 amide bonds. The summed E-state index contributed by atoms with van der Waals surface area (Å²) in [5.74, 6) is 1.27. The number of hydrogen-bond donors (Lipinski definition) is 4. The maximum atomic E-state index is 12.6. The summed E-state index contributed by atoms with van der Waals surface area (Å²) in [5, 5.41) is 16.1. The van der Waals surface area contributed by atoms with Crippen molar-refractivity contribution in [2.24, 2.45) is 0 Å². The minimum atomic E-state index is -0.618. The van der Waals surface area contributed by atoms with Gasteiger partial charge in [0.25, 0.3) is 5.22 Å². The number of benzene rings is 5. The fraction of sp³-hybridized carbons (Fsp3) is 0.271. The predicted octanol–water partition coefficient (Wildman–Crippen LogP) is 10.0. The largest absolute Gasteiger partial charge is 0.431 e. The lowest BCUT2D eigenvalue weighted by Gasteiger charge is -2.36. The van der Waals surface area contributed by atoms with E-state index in [1.165, 1.54) is 11.8 Å². The Hall–Kier alpha value is -5.72. The summed E-state index contributed by atoms with van der Waals surface area (Å²) >= 11 is 1.52. The summed E-state index contributed by atoms with van der Waals surface area (Å²) in [6.45, 7) is 0.392. The Morgan fingerprint density at radius 1 is 0.712 bits per heavy atom. The number of nitrogens with zero attached hydrogens (tertiary/aromatic N) is 1. The molecule has 0 unspecified atom stereocenters. The van der Waals surface area contributed by atoms with Crippen molar-refractivity contribution in [2.75, 3.05) is 16.8 Å². The van der Waals surface area contributed by atoms with Crippen LogP contribution in [0.25, 0.3) is 22.6 Å². The number of ether oxygens (including phenoxy) is 2. The van der Waals surface area contributed by atoms with E-state index in [0.717, 1.165) is 70.5 Å². The van der Waals surface area contributed by atoms with Crippen LogP contribution in [0, 0.1) is 0 Å². The summed E-state index contributed by atoms with van der Waals surface area (Å²) in [6.07, 6.45) is 3.70. The van der Waals surface area contributed by atoms with Gasteiger partial charge in [0.05, 0.1) is 30.2 Å². The van der Waals surface area contributed by atoms with E-state index < -0.39 is 6.29 Å². The molecular formula is C48H50N4O6S. The van der Waals surface area contributed by atoms with Crippen LogP contribution in [0.3, 0.4) is 0 Å². The van der Waals surface area contributed by atoms with Crippen molar-refractivity contribution < 1.29 is 28.6 Å². The predicted molar refractivity (Wildman–Crippen MR) is 232 cm³/mol. The first-order valence-electron chi connectivity index (χ1n) is 20.2. The monoisotopic (exact) mass is 810 g/mol. The van der Waals surface area contributed by atoms with Gasteiger partial charge in [-0.05, 0) is 41.7 Å². The van der Waals surface area contributed by atoms with Gasteiger partial charge in [0.15, 0.2) is 12.1 Å². The Morgan fingerprint density at radius 2 is 1.34 bits per heavy atom. The molecule has 2 heterocycles. The van der Waals surface area contributed by atoms with Crippen LogP contribution in [-0.2, 0) is 32.2 Å². The first-order valence-corrected chi connectivity index (χ1v) is 21.2. The first kappa shape index (κ1) is 41.4. The number of nitrogens with one attached hydrogen (secondary N) is 2. The number of unbranched alkanes of at least 4 members (excludes halogenated alkanes) is 3. The minimum absolute atomic E-state index is 0.00135. The van der Waals surface area contributed by atoms with Crippen LogP contribution < -0.4 is 16.4 Å². The van der Waals surface area contributed by atoms with Gasteiger partial charge in [0.1, 0.15) is 5.69 Å². The van der Waals surface area contributed by atoms with Gasteiger partial charge in [-0.15, -0.1) is 0 Å². The second-order valence-corrected chi connectivity index (χ2v) is 15.6. The van der Waals surface area contributed by atoms with Crippen molar-refractivity contribution in [3.63, 3.8) is 0 Å². The molecule has 5 N–H and O–H groups in total. The molecule has 0 bridgehead atoms. The molecule has 1 aromatic heterocycles. The number of hydrogen-bond acceptors (Lipinski definition) is 9. The van der Waals surface area contributed by atoms with Crippen LogP contribution in [0.15, 0.2) is 143 Å². The highest BCUT2D eigenvalue weighted by Crippen LogP contribution is 2.41. The van der Waals surface area contributed by atoms with Crippen LogP contribution in [-0.4, -0.2) is 33.8 Å². The number of nitrogen functional groups attached to an aromatic ring is 1. The molecule has 1 saturated heterocycles. The second-order valence-electron chi connectivity index (χ2n) is 14.6. The highest BCUT2D eigenvalue weighted by atomic mass is 32.2. The summed E-state index contributed by atoms with van der Waals surface area (Å²) in [5.41, 5.74) is 13.5. The number of anilines is 2. The zero-order chi connectivity index (χ0) is 40.8.